The van der Waals surface area contributed by atoms with Crippen molar-refractivity contribution in [3.05, 3.63) is 52.9 Å². The van der Waals surface area contributed by atoms with E-state index in [1.807, 2.05) is 0 Å². The molecule has 1 saturated heterocycles. The van der Waals surface area contributed by atoms with E-state index in [2.05, 4.69) is 15.3 Å². The monoisotopic (exact) mass is 557 g/mol. The van der Waals surface area contributed by atoms with Crippen LogP contribution in [0.4, 0.5) is 18.0 Å². The molecular formula is C25H34F3N5O4S. The number of rotatable bonds is 6. The van der Waals surface area contributed by atoms with Crippen LogP contribution in [0.25, 0.3) is 0 Å². The van der Waals surface area contributed by atoms with Gasteiger partial charge in [-0.2, -0.15) is 9.19 Å². The number of benzene rings is 1. The molecule has 1 aromatic heterocycles. The largest absolute Gasteiger partial charge is 0.444 e. The molecule has 2 aliphatic rings. The van der Waals surface area contributed by atoms with Crippen LogP contribution in [-0.4, -0.2) is 76.7 Å². The number of likely N-dealkylation sites (tertiary alicyclic amines) is 1. The van der Waals surface area contributed by atoms with Crippen molar-refractivity contribution in [3.8, 4) is 0 Å². The minimum absolute atomic E-state index is 0.0272. The fourth-order valence-electron chi connectivity index (χ4n) is 5.24. The number of fused-ring (bicyclic) bond motifs is 1. The van der Waals surface area contributed by atoms with Crippen LogP contribution in [0.5, 0.6) is 0 Å². The second kappa shape index (κ2) is 10.5. The van der Waals surface area contributed by atoms with Crippen molar-refractivity contribution in [2.45, 2.75) is 77.1 Å². The van der Waals surface area contributed by atoms with Crippen molar-refractivity contribution in [2.75, 3.05) is 19.3 Å². The third-order valence-corrected chi connectivity index (χ3v) is 7.52. The Kier molecular flexibility index (Phi) is 7.84. The second-order valence-corrected chi connectivity index (χ2v) is 13.0. The maximum Gasteiger partial charge on any atom is 0.407 e. The predicted octanol–water partition coefficient (Wildman–Crippen LogP) is 3.35. The molecule has 3 heterocycles. The minimum Gasteiger partial charge on any atom is -0.444 e. The predicted molar refractivity (Wildman–Crippen MR) is 135 cm³/mol. The summed E-state index contributed by atoms with van der Waals surface area (Å²) >= 11 is 0. The molecule has 1 amide bonds. The van der Waals surface area contributed by atoms with E-state index in [0.717, 1.165) is 34.1 Å². The number of nitrogens with zero attached hydrogens (tertiary/aromatic N) is 4. The molecule has 4 atom stereocenters. The number of ether oxygens (including phenoxy) is 1. The van der Waals surface area contributed by atoms with Crippen LogP contribution in [0.15, 0.2) is 24.4 Å². The Hall–Kier alpha value is -2.64. The van der Waals surface area contributed by atoms with Crippen LogP contribution in [0, 0.1) is 11.6 Å². The maximum atomic E-state index is 15.0. The lowest BCUT2D eigenvalue weighted by Gasteiger charge is -2.47. The zero-order valence-electron chi connectivity index (χ0n) is 22.1. The third kappa shape index (κ3) is 6.49. The van der Waals surface area contributed by atoms with Gasteiger partial charge in [-0.25, -0.2) is 26.4 Å². The molecule has 0 aliphatic carbocycles. The Bertz CT molecular complexity index is 1270. The molecular weight excluding hydrogens is 523 g/mol. The highest BCUT2D eigenvalue weighted by atomic mass is 32.2. The van der Waals surface area contributed by atoms with E-state index in [1.165, 1.54) is 13.1 Å². The number of amides is 1. The Morgan fingerprint density at radius 3 is 2.58 bits per heavy atom. The van der Waals surface area contributed by atoms with E-state index >= 15 is 4.39 Å². The minimum atomic E-state index is -3.52. The topological polar surface area (TPSA) is 96.8 Å². The number of nitrogens with one attached hydrogen (secondary N) is 1. The van der Waals surface area contributed by atoms with Gasteiger partial charge in [0.2, 0.25) is 0 Å². The molecule has 9 nitrogen and oxygen atoms in total. The highest BCUT2D eigenvalue weighted by Gasteiger charge is 2.43. The van der Waals surface area contributed by atoms with Crippen LogP contribution in [-0.2, 0) is 27.8 Å². The molecule has 1 fully saturated rings. The highest BCUT2D eigenvalue weighted by Crippen LogP contribution is 2.37. The van der Waals surface area contributed by atoms with Gasteiger partial charge in [-0.15, -0.1) is 0 Å². The van der Waals surface area contributed by atoms with Crippen LogP contribution < -0.4 is 5.32 Å². The normalized spacial score (nSPS) is 23.7. The van der Waals surface area contributed by atoms with Crippen LogP contribution in [0.2, 0.25) is 0 Å². The first-order valence-corrected chi connectivity index (χ1v) is 14.3. The summed E-state index contributed by atoms with van der Waals surface area (Å²) in [5, 5.41) is 7.03. The van der Waals surface area contributed by atoms with Crippen molar-refractivity contribution in [1.29, 1.82) is 0 Å². The van der Waals surface area contributed by atoms with Crippen LogP contribution in [0.1, 0.15) is 57.0 Å². The van der Waals surface area contributed by atoms with Gasteiger partial charge in [0.25, 0.3) is 10.0 Å². The number of hydrogen-bond acceptors (Lipinski definition) is 7. The lowest BCUT2D eigenvalue weighted by Crippen LogP contribution is -2.59. The summed E-state index contributed by atoms with van der Waals surface area (Å²) in [6, 6.07) is 1.33. The molecule has 1 N–H and O–H groups in total. The summed E-state index contributed by atoms with van der Waals surface area (Å²) in [4.78, 5) is 16.6. The van der Waals surface area contributed by atoms with E-state index in [4.69, 9.17) is 4.74 Å². The SMILES string of the molecule is C[C@@H](F)CN1C[C@H](N2Cc3cn(S(C)(=O)=O)nc3C2)C[C@H](NC(=O)OC(C)(C)C)[C@H]1c1cc(F)ccc1F. The number of alkyl halides is 1. The summed E-state index contributed by atoms with van der Waals surface area (Å²) in [6.45, 7) is 7.56. The molecule has 13 heteroatoms. The van der Waals surface area contributed by atoms with E-state index in [9.17, 15) is 22.0 Å². The summed E-state index contributed by atoms with van der Waals surface area (Å²) in [7, 11) is -3.52. The second-order valence-electron chi connectivity index (χ2n) is 11.1. The quantitative estimate of drug-likeness (QED) is 0.582. The van der Waals surface area contributed by atoms with E-state index in [-0.39, 0.29) is 18.2 Å². The molecule has 2 aromatic rings. The molecule has 0 bridgehead atoms. The average Bonchev–Trinajstić information content (AvgIpc) is 3.33. The summed E-state index contributed by atoms with van der Waals surface area (Å²) < 4.78 is 73.8. The standard InChI is InChI=1S/C25H34F3N5O4S/c1-15(26)10-32-13-18(31-11-16-12-33(38(5,35)36)30-22(16)14-31)9-21(29-24(34)37-25(2,3)4)23(32)19-8-17(27)6-7-20(19)28/h6-8,12,15,18,21,23H,9-11,13-14H2,1-5H3,(H,29,34)/t15-,18-,21+,23-/m1/s1. The smallest absolute Gasteiger partial charge is 0.407 e. The number of piperidine rings is 1. The van der Waals surface area contributed by atoms with Gasteiger partial charge in [0.15, 0.2) is 0 Å². The van der Waals surface area contributed by atoms with Crippen molar-refractivity contribution < 1.29 is 31.1 Å². The van der Waals surface area contributed by atoms with Gasteiger partial charge in [0.1, 0.15) is 23.4 Å². The van der Waals surface area contributed by atoms with Gasteiger partial charge >= 0.3 is 6.09 Å². The lowest BCUT2D eigenvalue weighted by molar-refractivity contribution is 0.00913. The molecule has 0 saturated carbocycles. The summed E-state index contributed by atoms with van der Waals surface area (Å²) in [6.07, 6.45) is 0.905. The Morgan fingerprint density at radius 1 is 1.26 bits per heavy atom. The molecule has 0 radical (unpaired) electrons. The van der Waals surface area contributed by atoms with Gasteiger partial charge in [-0.1, -0.05) is 0 Å². The number of carbonyl (C=O) groups excluding carboxylic acids is 1. The lowest BCUT2D eigenvalue weighted by atomic mass is 9.86. The Balaban J connectivity index is 1.65. The molecule has 0 spiro atoms. The van der Waals surface area contributed by atoms with Crippen molar-refractivity contribution in [2.24, 2.45) is 0 Å². The van der Waals surface area contributed by atoms with E-state index < -0.39 is 51.6 Å². The summed E-state index contributed by atoms with van der Waals surface area (Å²) in [5.41, 5.74) is 0.624. The van der Waals surface area contributed by atoms with Gasteiger partial charge in [-0.05, 0) is 52.3 Å². The third-order valence-electron chi connectivity index (χ3n) is 6.65. The van der Waals surface area contributed by atoms with Gasteiger partial charge < -0.3 is 10.1 Å². The van der Waals surface area contributed by atoms with E-state index in [0.29, 0.717) is 31.7 Å². The van der Waals surface area contributed by atoms with Crippen LogP contribution >= 0.6 is 0 Å². The first-order chi connectivity index (χ1) is 17.6. The molecule has 4 rings (SSSR count). The van der Waals surface area contributed by atoms with Gasteiger partial charge in [0.05, 0.1) is 24.0 Å². The number of aromatic nitrogens is 2. The molecule has 0 unspecified atom stereocenters. The molecule has 1 aromatic carbocycles. The van der Waals surface area contributed by atoms with Gasteiger partial charge in [-0.3, -0.25) is 9.80 Å². The molecule has 38 heavy (non-hydrogen) atoms. The van der Waals surface area contributed by atoms with Gasteiger partial charge in [0, 0.05) is 49.5 Å². The molecule has 210 valence electrons. The van der Waals surface area contributed by atoms with Crippen LogP contribution in [0.3, 0.4) is 0 Å². The number of halogens is 3. The fourth-order valence-corrected chi connectivity index (χ4v) is 5.81. The Labute approximate surface area is 221 Å². The summed E-state index contributed by atoms with van der Waals surface area (Å²) in [5.74, 6) is -1.29. The number of carbonyl (C=O) groups is 1. The zero-order chi connectivity index (χ0) is 28.0. The highest BCUT2D eigenvalue weighted by molar-refractivity contribution is 7.89. The first kappa shape index (κ1) is 28.4. The number of hydrogen-bond donors (Lipinski definition) is 1. The first-order valence-electron chi connectivity index (χ1n) is 12.5. The fraction of sp³-hybridized carbons (Fsp3) is 0.600. The van der Waals surface area contributed by atoms with Crippen molar-refractivity contribution >= 4 is 16.1 Å². The number of alkyl carbamates (subject to hydrolysis) is 1. The van der Waals surface area contributed by atoms with E-state index in [1.54, 1.807) is 25.7 Å². The maximum absolute atomic E-state index is 15.0. The van der Waals surface area contributed by atoms with Crippen molar-refractivity contribution in [3.63, 3.8) is 0 Å². The van der Waals surface area contributed by atoms with Crippen molar-refractivity contribution in [1.82, 2.24) is 24.3 Å². The average molecular weight is 558 g/mol. The molecule has 2 aliphatic heterocycles. The zero-order valence-corrected chi connectivity index (χ0v) is 22.9. The Morgan fingerprint density at radius 2 is 1.97 bits per heavy atom.